The van der Waals surface area contributed by atoms with E-state index in [1.807, 2.05) is 42.5 Å². The van der Waals surface area contributed by atoms with Crippen molar-refractivity contribution < 1.29 is 23.7 Å². The lowest BCUT2D eigenvalue weighted by atomic mass is 10.0. The normalized spacial score (nSPS) is 18.8. The highest BCUT2D eigenvalue weighted by Crippen LogP contribution is 2.25. The quantitative estimate of drug-likeness (QED) is 0.480. The Morgan fingerprint density at radius 3 is 2.79 bits per heavy atom. The van der Waals surface area contributed by atoms with Crippen LogP contribution in [0.2, 0.25) is 0 Å². The molecule has 0 unspecified atom stereocenters. The molecule has 0 amide bonds. The maximum Gasteiger partial charge on any atom is 0.508 e. The number of hydrogen-bond acceptors (Lipinski definition) is 6. The van der Waals surface area contributed by atoms with Gasteiger partial charge in [-0.05, 0) is 49.1 Å². The SMILES string of the molecule is CCOC(=O)O[C@H]1CN(CCc2c[nH]c3ccc(OC)cc23)CC[C@@H]1OCc1ccccc1. The molecule has 0 aliphatic carbocycles. The summed E-state index contributed by atoms with van der Waals surface area (Å²) in [5, 5.41) is 1.18. The van der Waals surface area contributed by atoms with Crippen molar-refractivity contribution in [2.24, 2.45) is 0 Å². The Bertz CT molecular complexity index is 1040. The molecular formula is C26H32N2O5. The largest absolute Gasteiger partial charge is 0.508 e. The number of benzene rings is 2. The van der Waals surface area contributed by atoms with E-state index < -0.39 is 6.16 Å². The summed E-state index contributed by atoms with van der Waals surface area (Å²) in [4.78, 5) is 17.7. The van der Waals surface area contributed by atoms with Gasteiger partial charge >= 0.3 is 6.16 Å². The third-order valence-electron chi connectivity index (χ3n) is 6.07. The van der Waals surface area contributed by atoms with E-state index in [9.17, 15) is 4.79 Å². The fourth-order valence-electron chi connectivity index (χ4n) is 4.29. The van der Waals surface area contributed by atoms with Crippen LogP contribution in [0.25, 0.3) is 10.9 Å². The highest BCUT2D eigenvalue weighted by molar-refractivity contribution is 5.84. The Morgan fingerprint density at radius 2 is 2.00 bits per heavy atom. The fourth-order valence-corrected chi connectivity index (χ4v) is 4.29. The monoisotopic (exact) mass is 452 g/mol. The number of aromatic nitrogens is 1. The number of carbonyl (C=O) groups excluding carboxylic acids is 1. The van der Waals surface area contributed by atoms with Gasteiger partial charge in [0.1, 0.15) is 11.9 Å². The summed E-state index contributed by atoms with van der Waals surface area (Å²) < 4.78 is 22.2. The zero-order chi connectivity index (χ0) is 23.0. The first-order valence-corrected chi connectivity index (χ1v) is 11.5. The number of aromatic amines is 1. The molecule has 1 saturated heterocycles. The molecule has 1 aromatic heterocycles. The molecule has 7 heteroatoms. The summed E-state index contributed by atoms with van der Waals surface area (Å²) in [6, 6.07) is 16.1. The molecule has 0 spiro atoms. The van der Waals surface area contributed by atoms with Crippen LogP contribution in [0.1, 0.15) is 24.5 Å². The molecule has 176 valence electrons. The van der Waals surface area contributed by atoms with Gasteiger partial charge in [0.15, 0.2) is 0 Å². The van der Waals surface area contributed by atoms with E-state index in [1.165, 1.54) is 10.9 Å². The summed E-state index contributed by atoms with van der Waals surface area (Å²) in [7, 11) is 1.68. The second-order valence-corrected chi connectivity index (χ2v) is 8.24. The van der Waals surface area contributed by atoms with Gasteiger partial charge in [-0.2, -0.15) is 0 Å². The number of hydrogen-bond donors (Lipinski definition) is 1. The molecule has 7 nitrogen and oxygen atoms in total. The first-order valence-electron chi connectivity index (χ1n) is 11.5. The number of ether oxygens (including phenoxy) is 4. The summed E-state index contributed by atoms with van der Waals surface area (Å²) in [6.45, 7) is 4.91. The first kappa shape index (κ1) is 23.1. The van der Waals surface area contributed by atoms with Crippen LogP contribution in [0.4, 0.5) is 4.79 Å². The third kappa shape index (κ3) is 6.06. The number of methoxy groups -OCH3 is 1. The summed E-state index contributed by atoms with van der Waals surface area (Å²) >= 11 is 0. The number of nitrogens with one attached hydrogen (secondary N) is 1. The van der Waals surface area contributed by atoms with Gasteiger partial charge < -0.3 is 23.9 Å². The number of carbonyl (C=O) groups is 1. The maximum absolute atomic E-state index is 12.1. The van der Waals surface area contributed by atoms with Gasteiger partial charge in [-0.15, -0.1) is 0 Å². The Labute approximate surface area is 194 Å². The predicted molar refractivity (Wildman–Crippen MR) is 127 cm³/mol. The van der Waals surface area contributed by atoms with Gasteiger partial charge in [-0.1, -0.05) is 30.3 Å². The summed E-state index contributed by atoms with van der Waals surface area (Å²) in [6.07, 6.45) is 2.56. The van der Waals surface area contributed by atoms with Gasteiger partial charge in [0.05, 0.1) is 26.4 Å². The van der Waals surface area contributed by atoms with Crippen molar-refractivity contribution in [2.45, 2.75) is 38.6 Å². The highest BCUT2D eigenvalue weighted by atomic mass is 16.7. The Morgan fingerprint density at radius 1 is 1.15 bits per heavy atom. The standard InChI is InChI=1S/C26H32N2O5/c1-3-31-26(29)33-25-17-28(14-12-24(25)32-18-19-7-5-4-6-8-19)13-11-20-16-27-23-10-9-21(30-2)15-22(20)23/h4-10,15-16,24-25,27H,3,11-14,17-18H2,1-2H3/t24-,25-/m0/s1. The Balaban J connectivity index is 1.38. The lowest BCUT2D eigenvalue weighted by Gasteiger charge is -2.37. The molecule has 0 bridgehead atoms. The molecule has 2 aromatic carbocycles. The van der Waals surface area contributed by atoms with Crippen LogP contribution in [-0.4, -0.2) is 61.6 Å². The van der Waals surface area contributed by atoms with Crippen molar-refractivity contribution >= 4 is 17.1 Å². The minimum atomic E-state index is -0.638. The van der Waals surface area contributed by atoms with E-state index in [0.717, 1.165) is 42.8 Å². The molecule has 1 fully saturated rings. The molecule has 4 rings (SSSR count). The molecule has 1 N–H and O–H groups in total. The van der Waals surface area contributed by atoms with Crippen molar-refractivity contribution in [3.05, 3.63) is 65.9 Å². The molecule has 3 aromatic rings. The second kappa shape index (κ2) is 11.2. The zero-order valence-corrected chi connectivity index (χ0v) is 19.3. The van der Waals surface area contributed by atoms with Gasteiger partial charge in [-0.25, -0.2) is 4.79 Å². The fraction of sp³-hybridized carbons (Fsp3) is 0.423. The third-order valence-corrected chi connectivity index (χ3v) is 6.07. The van der Waals surface area contributed by atoms with Crippen LogP contribution < -0.4 is 4.74 Å². The van der Waals surface area contributed by atoms with E-state index in [1.54, 1.807) is 14.0 Å². The van der Waals surface area contributed by atoms with Crippen molar-refractivity contribution in [2.75, 3.05) is 33.4 Å². The van der Waals surface area contributed by atoms with Crippen LogP contribution in [0, 0.1) is 0 Å². The van der Waals surface area contributed by atoms with Crippen molar-refractivity contribution in [3.63, 3.8) is 0 Å². The van der Waals surface area contributed by atoms with E-state index >= 15 is 0 Å². The smallest absolute Gasteiger partial charge is 0.497 e. The molecular weight excluding hydrogens is 420 g/mol. The maximum atomic E-state index is 12.1. The van der Waals surface area contributed by atoms with Crippen LogP contribution in [0.5, 0.6) is 5.75 Å². The van der Waals surface area contributed by atoms with E-state index in [0.29, 0.717) is 13.2 Å². The van der Waals surface area contributed by atoms with Gasteiger partial charge in [0.25, 0.3) is 0 Å². The van der Waals surface area contributed by atoms with Crippen LogP contribution >= 0.6 is 0 Å². The number of rotatable bonds is 9. The summed E-state index contributed by atoms with van der Waals surface area (Å²) in [5.74, 6) is 0.850. The minimum Gasteiger partial charge on any atom is -0.497 e. The van der Waals surface area contributed by atoms with Crippen LogP contribution in [0.3, 0.4) is 0 Å². The molecule has 2 atom stereocenters. The molecule has 0 saturated carbocycles. The second-order valence-electron chi connectivity index (χ2n) is 8.24. The molecule has 33 heavy (non-hydrogen) atoms. The van der Waals surface area contributed by atoms with Crippen molar-refractivity contribution in [3.8, 4) is 5.75 Å². The number of piperidine rings is 1. The molecule has 1 aliphatic rings. The zero-order valence-electron chi connectivity index (χ0n) is 19.3. The molecule has 0 radical (unpaired) electrons. The predicted octanol–water partition coefficient (Wildman–Crippen LogP) is 4.55. The van der Waals surface area contributed by atoms with Gasteiger partial charge in [0.2, 0.25) is 0 Å². The number of likely N-dealkylation sites (tertiary alicyclic amines) is 1. The van der Waals surface area contributed by atoms with E-state index in [-0.39, 0.29) is 18.8 Å². The summed E-state index contributed by atoms with van der Waals surface area (Å²) in [5.41, 5.74) is 3.45. The number of nitrogens with zero attached hydrogens (tertiary/aromatic N) is 1. The minimum absolute atomic E-state index is 0.164. The van der Waals surface area contributed by atoms with Crippen LogP contribution in [0.15, 0.2) is 54.7 Å². The van der Waals surface area contributed by atoms with Gasteiger partial charge in [-0.3, -0.25) is 4.90 Å². The lowest BCUT2D eigenvalue weighted by Crippen LogP contribution is -2.50. The average Bonchev–Trinajstić information content (AvgIpc) is 3.25. The molecule has 1 aliphatic heterocycles. The van der Waals surface area contributed by atoms with Crippen LogP contribution in [-0.2, 0) is 27.2 Å². The molecule has 2 heterocycles. The van der Waals surface area contributed by atoms with Gasteiger partial charge in [0, 0.05) is 36.7 Å². The Kier molecular flexibility index (Phi) is 7.86. The average molecular weight is 453 g/mol. The van der Waals surface area contributed by atoms with Crippen molar-refractivity contribution in [1.29, 1.82) is 0 Å². The van der Waals surface area contributed by atoms with E-state index in [4.69, 9.17) is 18.9 Å². The Hall–Kier alpha value is -3.03. The first-order chi connectivity index (χ1) is 16.2. The number of fused-ring (bicyclic) bond motifs is 1. The number of H-pyrrole nitrogens is 1. The lowest BCUT2D eigenvalue weighted by molar-refractivity contribution is -0.101. The van der Waals surface area contributed by atoms with Crippen molar-refractivity contribution in [1.82, 2.24) is 9.88 Å². The highest BCUT2D eigenvalue weighted by Gasteiger charge is 2.33. The van der Waals surface area contributed by atoms with E-state index in [2.05, 4.69) is 22.1 Å². The topological polar surface area (TPSA) is 73.0 Å².